The van der Waals surface area contributed by atoms with E-state index in [1.54, 1.807) is 38.1 Å². The highest BCUT2D eigenvalue weighted by atomic mass is 35.5. The Balaban J connectivity index is 1.95. The second kappa shape index (κ2) is 9.06. The molecular weight excluding hydrogens is 368 g/mol. The highest BCUT2D eigenvalue weighted by Gasteiger charge is 2.18. The Labute approximate surface area is 154 Å². The summed E-state index contributed by atoms with van der Waals surface area (Å²) >= 11 is 7.26. The molecule has 0 aromatic heterocycles. The fourth-order valence-electron chi connectivity index (χ4n) is 2.14. The molecule has 0 saturated heterocycles. The first kappa shape index (κ1) is 19.5. The first-order chi connectivity index (χ1) is 11.8. The topological polar surface area (TPSA) is 38.3 Å². The fourth-order valence-corrected chi connectivity index (χ4v) is 3.15. The molecule has 25 heavy (non-hydrogen) atoms. The maximum atomic E-state index is 12.4. The van der Waals surface area contributed by atoms with Crippen LogP contribution in [0.15, 0.2) is 53.4 Å². The van der Waals surface area contributed by atoms with Crippen molar-refractivity contribution in [1.29, 1.82) is 0 Å². The van der Waals surface area contributed by atoms with Crippen LogP contribution in [0.25, 0.3) is 0 Å². The Morgan fingerprint density at radius 2 is 1.84 bits per heavy atom. The van der Waals surface area contributed by atoms with Gasteiger partial charge < -0.3 is 10.1 Å². The van der Waals surface area contributed by atoms with Crippen molar-refractivity contribution in [3.63, 3.8) is 0 Å². The van der Waals surface area contributed by atoms with Crippen molar-refractivity contribution >= 4 is 29.3 Å². The first-order valence-corrected chi connectivity index (χ1v) is 8.88. The first-order valence-electron chi connectivity index (χ1n) is 7.62. The fraction of sp³-hybridized carbons (Fsp3) is 0.278. The third kappa shape index (κ3) is 6.21. The average molecular weight is 386 g/mol. The normalized spacial score (nSPS) is 13.4. The minimum atomic E-state index is -2.88. The van der Waals surface area contributed by atoms with E-state index < -0.39 is 6.61 Å². The summed E-state index contributed by atoms with van der Waals surface area (Å²) in [6.45, 7) is 0.715. The predicted octanol–water partition coefficient (Wildman–Crippen LogP) is 5.30. The summed E-state index contributed by atoms with van der Waals surface area (Å²) in [6, 6.07) is 13.2. The van der Waals surface area contributed by atoms with Gasteiger partial charge in [0.2, 0.25) is 5.91 Å². The van der Waals surface area contributed by atoms with E-state index in [4.69, 9.17) is 11.6 Å². The van der Waals surface area contributed by atoms with Gasteiger partial charge in [0.05, 0.1) is 11.3 Å². The highest BCUT2D eigenvalue weighted by Crippen LogP contribution is 2.26. The number of hydrogen-bond acceptors (Lipinski definition) is 3. The molecule has 0 aliphatic rings. The maximum Gasteiger partial charge on any atom is 0.387 e. The monoisotopic (exact) mass is 385 g/mol. The van der Waals surface area contributed by atoms with Crippen LogP contribution >= 0.6 is 23.4 Å². The summed E-state index contributed by atoms with van der Waals surface area (Å²) in [5.74, 6) is -0.0789. The van der Waals surface area contributed by atoms with Gasteiger partial charge in [-0.2, -0.15) is 8.78 Å². The van der Waals surface area contributed by atoms with E-state index in [-0.39, 0.29) is 22.9 Å². The van der Waals surface area contributed by atoms with Gasteiger partial charge in [-0.1, -0.05) is 23.7 Å². The van der Waals surface area contributed by atoms with E-state index in [0.29, 0.717) is 10.6 Å². The molecular formula is C18H18ClF2NO2S. The molecule has 0 radical (unpaired) electrons. The van der Waals surface area contributed by atoms with Gasteiger partial charge in [-0.25, -0.2) is 0 Å². The lowest BCUT2D eigenvalue weighted by molar-refractivity contribution is -0.120. The zero-order valence-corrected chi connectivity index (χ0v) is 15.3. The van der Waals surface area contributed by atoms with E-state index in [1.807, 2.05) is 12.1 Å². The van der Waals surface area contributed by atoms with Crippen molar-refractivity contribution in [2.75, 3.05) is 0 Å². The number of thioether (sulfide) groups is 1. The van der Waals surface area contributed by atoms with Crippen LogP contribution in [0.2, 0.25) is 5.02 Å². The molecule has 1 amide bonds. The van der Waals surface area contributed by atoms with Gasteiger partial charge in [-0.05, 0) is 55.8 Å². The van der Waals surface area contributed by atoms with Crippen molar-refractivity contribution in [2.24, 2.45) is 0 Å². The third-order valence-corrected chi connectivity index (χ3v) is 4.80. The third-order valence-electron chi connectivity index (χ3n) is 3.44. The van der Waals surface area contributed by atoms with Gasteiger partial charge in [0.25, 0.3) is 0 Å². The number of carbonyl (C=O) groups is 1. The van der Waals surface area contributed by atoms with Crippen molar-refractivity contribution in [2.45, 2.75) is 36.6 Å². The Morgan fingerprint density at radius 1 is 1.16 bits per heavy atom. The highest BCUT2D eigenvalue weighted by molar-refractivity contribution is 8.00. The molecule has 2 rings (SSSR count). The van der Waals surface area contributed by atoms with Crippen molar-refractivity contribution < 1.29 is 18.3 Å². The van der Waals surface area contributed by atoms with Crippen LogP contribution < -0.4 is 10.1 Å². The second-order valence-electron chi connectivity index (χ2n) is 5.40. The molecule has 0 aliphatic heterocycles. The zero-order chi connectivity index (χ0) is 18.4. The van der Waals surface area contributed by atoms with E-state index in [2.05, 4.69) is 10.1 Å². The number of hydrogen-bond donors (Lipinski definition) is 1. The summed E-state index contributed by atoms with van der Waals surface area (Å²) in [5.41, 5.74) is 0.690. The smallest absolute Gasteiger partial charge is 0.387 e. The van der Waals surface area contributed by atoms with Crippen molar-refractivity contribution in [3.05, 3.63) is 59.1 Å². The molecule has 0 heterocycles. The molecule has 7 heteroatoms. The lowest BCUT2D eigenvalue weighted by Gasteiger charge is -2.18. The van der Waals surface area contributed by atoms with E-state index in [0.717, 1.165) is 4.90 Å². The Bertz CT molecular complexity index is 712. The number of rotatable bonds is 7. The molecule has 2 aromatic carbocycles. The molecule has 0 bridgehead atoms. The number of alkyl halides is 2. The summed E-state index contributed by atoms with van der Waals surface area (Å²) in [6.07, 6.45) is 0. The number of nitrogens with one attached hydrogen (secondary N) is 1. The molecule has 0 spiro atoms. The van der Waals surface area contributed by atoms with E-state index in [9.17, 15) is 13.6 Å². The molecule has 1 N–H and O–H groups in total. The van der Waals surface area contributed by atoms with Gasteiger partial charge in [0.15, 0.2) is 0 Å². The Kier molecular flexibility index (Phi) is 7.08. The van der Waals surface area contributed by atoms with Crippen LogP contribution in [0.1, 0.15) is 25.5 Å². The van der Waals surface area contributed by atoms with Gasteiger partial charge >= 0.3 is 6.61 Å². The quantitative estimate of drug-likeness (QED) is 0.657. The molecule has 2 aromatic rings. The van der Waals surface area contributed by atoms with E-state index in [1.165, 1.54) is 23.9 Å². The summed E-state index contributed by atoms with van der Waals surface area (Å²) in [4.78, 5) is 13.3. The number of benzene rings is 2. The minimum Gasteiger partial charge on any atom is -0.435 e. The minimum absolute atomic E-state index is 0.0668. The summed E-state index contributed by atoms with van der Waals surface area (Å²) < 4.78 is 29.0. The van der Waals surface area contributed by atoms with Crippen molar-refractivity contribution in [1.82, 2.24) is 5.32 Å². The van der Waals surface area contributed by atoms with E-state index >= 15 is 0 Å². The molecule has 134 valence electrons. The van der Waals surface area contributed by atoms with Crippen LogP contribution in [0, 0.1) is 0 Å². The van der Waals surface area contributed by atoms with Crippen LogP contribution in [-0.4, -0.2) is 17.8 Å². The molecule has 2 unspecified atom stereocenters. The molecule has 0 aliphatic carbocycles. The number of halogens is 3. The standard InChI is InChI=1S/C18H18ClF2NO2S/c1-11(13-4-3-5-15(10-13)24-18(20)21)22-17(23)12(2)25-16-8-6-14(19)7-9-16/h3-12,18H,1-2H3,(H,22,23). The zero-order valence-electron chi connectivity index (χ0n) is 13.7. The molecule has 0 fully saturated rings. The van der Waals surface area contributed by atoms with Crippen LogP contribution in [0.4, 0.5) is 8.78 Å². The number of carbonyl (C=O) groups excluding carboxylic acids is 1. The average Bonchev–Trinajstić information content (AvgIpc) is 2.56. The predicted molar refractivity (Wildman–Crippen MR) is 96.4 cm³/mol. The van der Waals surface area contributed by atoms with Crippen LogP contribution in [0.5, 0.6) is 5.75 Å². The van der Waals surface area contributed by atoms with Crippen LogP contribution in [0.3, 0.4) is 0 Å². The van der Waals surface area contributed by atoms with Crippen LogP contribution in [-0.2, 0) is 4.79 Å². The SMILES string of the molecule is CC(Sc1ccc(Cl)cc1)C(=O)NC(C)c1cccc(OC(F)F)c1. The lowest BCUT2D eigenvalue weighted by Crippen LogP contribution is -2.33. The molecule has 2 atom stereocenters. The number of ether oxygens (including phenoxy) is 1. The lowest BCUT2D eigenvalue weighted by atomic mass is 10.1. The van der Waals surface area contributed by atoms with Gasteiger partial charge in [-0.15, -0.1) is 11.8 Å². The van der Waals surface area contributed by atoms with Crippen molar-refractivity contribution in [3.8, 4) is 5.75 Å². The largest absolute Gasteiger partial charge is 0.435 e. The van der Waals surface area contributed by atoms with Gasteiger partial charge in [0.1, 0.15) is 5.75 Å². The summed E-state index contributed by atoms with van der Waals surface area (Å²) in [5, 5.41) is 3.20. The molecule has 0 saturated carbocycles. The number of amides is 1. The Hall–Kier alpha value is -1.79. The second-order valence-corrected chi connectivity index (χ2v) is 7.25. The Morgan fingerprint density at radius 3 is 2.48 bits per heavy atom. The van der Waals surface area contributed by atoms with Gasteiger partial charge in [0, 0.05) is 9.92 Å². The van der Waals surface area contributed by atoms with Gasteiger partial charge in [-0.3, -0.25) is 4.79 Å². The molecule has 3 nitrogen and oxygen atoms in total. The maximum absolute atomic E-state index is 12.4. The summed E-state index contributed by atoms with van der Waals surface area (Å²) in [7, 11) is 0.